The summed E-state index contributed by atoms with van der Waals surface area (Å²) in [5, 5.41) is 0. The molecule has 0 spiro atoms. The van der Waals surface area contributed by atoms with Gasteiger partial charge in [-0.1, -0.05) is 5.92 Å². The number of methoxy groups -OCH3 is 1. The molecular weight excluding hydrogens is 278 g/mol. The molecule has 5 heteroatoms. The van der Waals surface area contributed by atoms with Gasteiger partial charge in [0.15, 0.2) is 5.82 Å². The number of aromatic nitrogens is 2. The van der Waals surface area contributed by atoms with Crippen molar-refractivity contribution >= 4 is 11.7 Å². The maximum Gasteiger partial charge on any atom is 0.341 e. The quantitative estimate of drug-likeness (QED) is 0.628. The lowest BCUT2D eigenvalue weighted by molar-refractivity contribution is 0.0600. The molecule has 5 nitrogen and oxygen atoms in total. The van der Waals surface area contributed by atoms with Crippen molar-refractivity contribution in [3.8, 4) is 23.4 Å². The Bertz CT molecular complexity index is 773. The number of ether oxygens (including phenoxy) is 1. The van der Waals surface area contributed by atoms with Crippen molar-refractivity contribution in [1.29, 1.82) is 0 Å². The molecule has 22 heavy (non-hydrogen) atoms. The summed E-state index contributed by atoms with van der Waals surface area (Å²) >= 11 is 0. The Hall–Kier alpha value is -2.87. The van der Waals surface area contributed by atoms with Crippen LogP contribution < -0.4 is 4.90 Å². The van der Waals surface area contributed by atoms with E-state index in [4.69, 9.17) is 0 Å². The zero-order valence-electron chi connectivity index (χ0n) is 12.5. The summed E-state index contributed by atoms with van der Waals surface area (Å²) in [6, 6.07) is 9.19. The van der Waals surface area contributed by atoms with Crippen molar-refractivity contribution in [1.82, 2.24) is 9.97 Å². The molecular formula is C17H15N3O2. The number of anilines is 1. The first-order valence-corrected chi connectivity index (χ1v) is 6.96. The van der Waals surface area contributed by atoms with Crippen molar-refractivity contribution in [2.45, 2.75) is 13.3 Å². The Morgan fingerprint density at radius 1 is 1.32 bits per heavy atom. The molecule has 0 unspecified atom stereocenters. The maximum atomic E-state index is 11.4. The van der Waals surface area contributed by atoms with Crippen molar-refractivity contribution in [3.05, 3.63) is 41.7 Å². The Balaban J connectivity index is 1.90. The fourth-order valence-corrected chi connectivity index (χ4v) is 2.49. The molecule has 1 aromatic carbocycles. The summed E-state index contributed by atoms with van der Waals surface area (Å²) in [5.41, 5.74) is 3.66. The highest BCUT2D eigenvalue weighted by Crippen LogP contribution is 2.30. The summed E-state index contributed by atoms with van der Waals surface area (Å²) < 4.78 is 4.64. The SMILES string of the molecule is CC#CN1CCc2cc(-c3ncc(C(=O)OC)cn3)ccc21. The van der Waals surface area contributed by atoms with Crippen LogP contribution in [0.15, 0.2) is 30.6 Å². The van der Waals surface area contributed by atoms with E-state index in [1.165, 1.54) is 25.1 Å². The summed E-state index contributed by atoms with van der Waals surface area (Å²) in [5.74, 6) is 3.08. The zero-order valence-corrected chi connectivity index (χ0v) is 12.5. The lowest BCUT2D eigenvalue weighted by Gasteiger charge is -2.10. The van der Waals surface area contributed by atoms with Gasteiger partial charge in [-0.15, -0.1) is 0 Å². The van der Waals surface area contributed by atoms with Crippen LogP contribution in [-0.2, 0) is 11.2 Å². The van der Waals surface area contributed by atoms with E-state index in [0.29, 0.717) is 11.4 Å². The lowest BCUT2D eigenvalue weighted by atomic mass is 10.1. The van der Waals surface area contributed by atoms with E-state index in [0.717, 1.165) is 24.2 Å². The van der Waals surface area contributed by atoms with Gasteiger partial charge in [-0.25, -0.2) is 14.8 Å². The molecule has 2 aromatic rings. The summed E-state index contributed by atoms with van der Waals surface area (Å²) in [6.07, 6.45) is 3.92. The number of carbonyl (C=O) groups is 1. The van der Waals surface area contributed by atoms with Crippen LogP contribution in [0, 0.1) is 12.0 Å². The average molecular weight is 293 g/mol. The maximum absolute atomic E-state index is 11.4. The van der Waals surface area contributed by atoms with Gasteiger partial charge in [0.2, 0.25) is 0 Å². The molecule has 0 aliphatic carbocycles. The molecule has 1 aliphatic rings. The molecule has 2 heterocycles. The second-order valence-electron chi connectivity index (χ2n) is 4.89. The van der Waals surface area contributed by atoms with Crippen LogP contribution in [0.1, 0.15) is 22.8 Å². The lowest BCUT2D eigenvalue weighted by Crippen LogP contribution is -2.12. The molecule has 1 aromatic heterocycles. The number of benzene rings is 1. The molecule has 3 rings (SSSR count). The number of hydrogen-bond acceptors (Lipinski definition) is 5. The number of hydrogen-bond donors (Lipinski definition) is 0. The zero-order chi connectivity index (χ0) is 15.5. The molecule has 0 atom stereocenters. The summed E-state index contributed by atoms with van der Waals surface area (Å²) in [4.78, 5) is 21.9. The highest BCUT2D eigenvalue weighted by atomic mass is 16.5. The number of carbonyl (C=O) groups excluding carboxylic acids is 1. The van der Waals surface area contributed by atoms with Crippen molar-refractivity contribution in [2.24, 2.45) is 0 Å². The Morgan fingerprint density at radius 3 is 2.77 bits per heavy atom. The Morgan fingerprint density at radius 2 is 2.09 bits per heavy atom. The van der Waals surface area contributed by atoms with Crippen LogP contribution in [-0.4, -0.2) is 29.6 Å². The predicted molar refractivity (Wildman–Crippen MR) is 83.3 cm³/mol. The summed E-state index contributed by atoms with van der Waals surface area (Å²) in [7, 11) is 1.34. The number of fused-ring (bicyclic) bond motifs is 1. The molecule has 0 saturated heterocycles. The molecule has 0 fully saturated rings. The smallest absolute Gasteiger partial charge is 0.341 e. The fraction of sp³-hybridized carbons (Fsp3) is 0.235. The minimum absolute atomic E-state index is 0.344. The van der Waals surface area contributed by atoms with Crippen LogP contribution >= 0.6 is 0 Å². The minimum Gasteiger partial charge on any atom is -0.465 e. The van der Waals surface area contributed by atoms with Gasteiger partial charge in [-0.3, -0.25) is 0 Å². The van der Waals surface area contributed by atoms with Crippen LogP contribution in [0.3, 0.4) is 0 Å². The fourth-order valence-electron chi connectivity index (χ4n) is 2.49. The first kappa shape index (κ1) is 14.1. The third-order valence-corrected chi connectivity index (χ3v) is 3.55. The van der Waals surface area contributed by atoms with Gasteiger partial charge >= 0.3 is 5.97 Å². The topological polar surface area (TPSA) is 55.3 Å². The van der Waals surface area contributed by atoms with Crippen molar-refractivity contribution in [2.75, 3.05) is 18.6 Å². The third-order valence-electron chi connectivity index (χ3n) is 3.55. The van der Waals surface area contributed by atoms with Crippen molar-refractivity contribution in [3.63, 3.8) is 0 Å². The molecule has 0 saturated carbocycles. The minimum atomic E-state index is -0.436. The van der Waals surface area contributed by atoms with E-state index in [1.807, 2.05) is 19.1 Å². The van der Waals surface area contributed by atoms with Gasteiger partial charge in [0.1, 0.15) is 0 Å². The average Bonchev–Trinajstić information content (AvgIpc) is 2.97. The number of rotatable bonds is 2. The first-order valence-electron chi connectivity index (χ1n) is 6.96. The molecule has 0 radical (unpaired) electrons. The molecule has 0 amide bonds. The van der Waals surface area contributed by atoms with Crippen LogP contribution in [0.2, 0.25) is 0 Å². The Kier molecular flexibility index (Phi) is 3.75. The molecule has 0 N–H and O–H groups in total. The third kappa shape index (κ3) is 2.51. The standard InChI is InChI=1S/C17H15N3O2/c1-3-7-20-8-6-12-9-13(4-5-15(12)20)16-18-10-14(11-19-16)17(21)22-2/h4-5,9-11H,6,8H2,1-2H3. The van der Waals surface area contributed by atoms with Gasteiger partial charge in [0.05, 0.1) is 18.4 Å². The van der Waals surface area contributed by atoms with Crippen LogP contribution in [0.25, 0.3) is 11.4 Å². The monoisotopic (exact) mass is 293 g/mol. The number of nitrogens with zero attached hydrogens (tertiary/aromatic N) is 3. The highest BCUT2D eigenvalue weighted by molar-refractivity contribution is 5.88. The Labute approximate surface area is 129 Å². The number of esters is 1. The van der Waals surface area contributed by atoms with E-state index >= 15 is 0 Å². The predicted octanol–water partition coefficient (Wildman–Crippen LogP) is 2.27. The normalized spacial score (nSPS) is 12.4. The molecule has 1 aliphatic heterocycles. The second-order valence-corrected chi connectivity index (χ2v) is 4.89. The van der Waals surface area contributed by atoms with Crippen molar-refractivity contribution < 1.29 is 9.53 Å². The van der Waals surface area contributed by atoms with Gasteiger partial charge in [0.25, 0.3) is 0 Å². The van der Waals surface area contributed by atoms with Gasteiger partial charge in [-0.2, -0.15) is 0 Å². The van der Waals surface area contributed by atoms with E-state index in [9.17, 15) is 4.79 Å². The van der Waals surface area contributed by atoms with Gasteiger partial charge in [-0.05, 0) is 37.1 Å². The molecule has 0 bridgehead atoms. The van der Waals surface area contributed by atoms with E-state index in [-0.39, 0.29) is 0 Å². The molecule has 110 valence electrons. The van der Waals surface area contributed by atoms with E-state index in [1.54, 1.807) is 0 Å². The first-order chi connectivity index (χ1) is 10.7. The van der Waals surface area contributed by atoms with Gasteiger partial charge in [0, 0.05) is 30.5 Å². The second kappa shape index (κ2) is 5.86. The largest absolute Gasteiger partial charge is 0.465 e. The van der Waals surface area contributed by atoms with Gasteiger partial charge < -0.3 is 9.64 Å². The van der Waals surface area contributed by atoms with E-state index < -0.39 is 5.97 Å². The highest BCUT2D eigenvalue weighted by Gasteiger charge is 2.18. The van der Waals surface area contributed by atoms with Crippen LogP contribution in [0.5, 0.6) is 0 Å². The van der Waals surface area contributed by atoms with E-state index in [2.05, 4.69) is 37.6 Å². The summed E-state index contributed by atoms with van der Waals surface area (Å²) in [6.45, 7) is 2.74. The van der Waals surface area contributed by atoms with Crippen LogP contribution in [0.4, 0.5) is 5.69 Å².